The number of nitrogens with zero attached hydrogens (tertiary/aromatic N) is 2. The second-order valence-corrected chi connectivity index (χ2v) is 6.37. The van der Waals surface area contributed by atoms with Crippen LogP contribution in [-0.2, 0) is 17.6 Å². The molecule has 2 aromatic rings. The molecule has 0 atom stereocenters. The predicted octanol–water partition coefficient (Wildman–Crippen LogP) is 2.99. The lowest BCUT2D eigenvalue weighted by molar-refractivity contribution is -0.117. The molecule has 2 N–H and O–H groups in total. The first kappa shape index (κ1) is 21.2. The maximum Gasteiger partial charge on any atom is 0.246 e. The lowest BCUT2D eigenvalue weighted by Crippen LogP contribution is -2.46. The van der Waals surface area contributed by atoms with E-state index in [1.807, 2.05) is 41.3 Å². The Bertz CT molecular complexity index is 764. The fourth-order valence-electron chi connectivity index (χ4n) is 3.24. The molecule has 0 unspecified atom stereocenters. The van der Waals surface area contributed by atoms with Crippen molar-refractivity contribution in [1.29, 1.82) is 0 Å². The van der Waals surface area contributed by atoms with Gasteiger partial charge < -0.3 is 15.5 Å². The molecule has 0 saturated heterocycles. The molecular weight excluding hydrogens is 451 g/mol. The van der Waals surface area contributed by atoms with Gasteiger partial charge in [-0.2, -0.15) is 0 Å². The smallest absolute Gasteiger partial charge is 0.246 e. The van der Waals surface area contributed by atoms with E-state index >= 15 is 0 Å². The number of nitrogens with one attached hydrogen (secondary N) is 2. The first-order chi connectivity index (χ1) is 12.8. The quantitative estimate of drug-likeness (QED) is 0.395. The Morgan fingerprint density at radius 2 is 1.81 bits per heavy atom. The first-order valence-corrected chi connectivity index (χ1v) is 9.14. The van der Waals surface area contributed by atoms with E-state index in [1.54, 1.807) is 7.05 Å². The summed E-state index contributed by atoms with van der Waals surface area (Å²) in [6.45, 7) is 1.78. The number of fused-ring (bicyclic) bond motifs is 1. The molecule has 1 heterocycles. The standard InChI is InChI=1S/C21H26N4O.HI/c1-22-21(23-14-13-17-8-3-2-4-9-17)24-16-20(26)25-15-7-11-18-10-5-6-12-19(18)25;/h2-6,8-10,12H,7,11,13-16H2,1H3,(H2,22,23,24);1H. The Labute approximate surface area is 178 Å². The number of benzene rings is 2. The molecule has 0 radical (unpaired) electrons. The van der Waals surface area contributed by atoms with Crippen LogP contribution in [0, 0.1) is 0 Å². The third kappa shape index (κ3) is 5.95. The van der Waals surface area contributed by atoms with E-state index in [-0.39, 0.29) is 36.4 Å². The average molecular weight is 478 g/mol. The molecule has 144 valence electrons. The molecule has 1 aliphatic rings. The van der Waals surface area contributed by atoms with Gasteiger partial charge in [-0.15, -0.1) is 24.0 Å². The first-order valence-electron chi connectivity index (χ1n) is 9.14. The molecule has 0 saturated carbocycles. The van der Waals surface area contributed by atoms with Gasteiger partial charge in [-0.25, -0.2) is 0 Å². The van der Waals surface area contributed by atoms with Crippen LogP contribution in [0.25, 0.3) is 0 Å². The summed E-state index contributed by atoms with van der Waals surface area (Å²) in [5, 5.41) is 6.39. The zero-order chi connectivity index (χ0) is 18.2. The van der Waals surface area contributed by atoms with Crippen LogP contribution < -0.4 is 15.5 Å². The van der Waals surface area contributed by atoms with Gasteiger partial charge in [-0.05, 0) is 36.5 Å². The summed E-state index contributed by atoms with van der Waals surface area (Å²) in [7, 11) is 1.72. The number of para-hydroxylation sites is 1. The van der Waals surface area contributed by atoms with Gasteiger partial charge in [0.15, 0.2) is 5.96 Å². The van der Waals surface area contributed by atoms with Gasteiger partial charge in [-0.1, -0.05) is 48.5 Å². The van der Waals surface area contributed by atoms with Crippen molar-refractivity contribution in [3.8, 4) is 0 Å². The molecular formula is C21H27IN4O. The number of aliphatic imine (C=N–C) groups is 1. The minimum atomic E-state index is 0. The molecule has 27 heavy (non-hydrogen) atoms. The van der Waals surface area contributed by atoms with Gasteiger partial charge in [0.05, 0.1) is 6.54 Å². The highest BCUT2D eigenvalue weighted by molar-refractivity contribution is 14.0. The van der Waals surface area contributed by atoms with Crippen LogP contribution in [0.4, 0.5) is 5.69 Å². The predicted molar refractivity (Wildman–Crippen MR) is 122 cm³/mol. The fraction of sp³-hybridized carbons (Fsp3) is 0.333. The number of guanidine groups is 1. The monoisotopic (exact) mass is 478 g/mol. The maximum atomic E-state index is 12.7. The van der Waals surface area contributed by atoms with Crippen molar-refractivity contribution in [2.75, 3.05) is 31.6 Å². The Hall–Kier alpha value is -2.09. The minimum Gasteiger partial charge on any atom is -0.356 e. The number of carbonyl (C=O) groups excluding carboxylic acids is 1. The Kier molecular flexibility index (Phi) is 8.57. The summed E-state index contributed by atoms with van der Waals surface area (Å²) < 4.78 is 0. The van der Waals surface area contributed by atoms with E-state index in [9.17, 15) is 4.79 Å². The van der Waals surface area contributed by atoms with Gasteiger partial charge >= 0.3 is 0 Å². The molecule has 0 bridgehead atoms. The van der Waals surface area contributed by atoms with Crippen molar-refractivity contribution in [3.63, 3.8) is 0 Å². The highest BCUT2D eigenvalue weighted by Crippen LogP contribution is 2.26. The van der Waals surface area contributed by atoms with Gasteiger partial charge in [0.2, 0.25) is 5.91 Å². The highest BCUT2D eigenvalue weighted by atomic mass is 127. The van der Waals surface area contributed by atoms with E-state index in [1.165, 1.54) is 11.1 Å². The third-order valence-electron chi connectivity index (χ3n) is 4.59. The number of rotatable bonds is 5. The second-order valence-electron chi connectivity index (χ2n) is 6.37. The summed E-state index contributed by atoms with van der Waals surface area (Å²) in [5.41, 5.74) is 3.56. The van der Waals surface area contributed by atoms with Gasteiger partial charge in [0, 0.05) is 25.8 Å². The molecule has 0 spiro atoms. The number of anilines is 1. The van der Waals surface area contributed by atoms with Gasteiger partial charge in [0.1, 0.15) is 0 Å². The molecule has 0 fully saturated rings. The van der Waals surface area contributed by atoms with Gasteiger partial charge in [-0.3, -0.25) is 9.79 Å². The Morgan fingerprint density at radius 3 is 2.59 bits per heavy atom. The molecule has 6 heteroatoms. The van der Waals surface area contributed by atoms with Crippen LogP contribution in [0.1, 0.15) is 17.5 Å². The molecule has 5 nitrogen and oxygen atoms in total. The van der Waals surface area contributed by atoms with Crippen molar-refractivity contribution >= 4 is 41.5 Å². The number of carbonyl (C=O) groups is 1. The van der Waals surface area contributed by atoms with E-state index in [0.717, 1.165) is 38.0 Å². The van der Waals surface area contributed by atoms with Crippen LogP contribution >= 0.6 is 24.0 Å². The summed E-state index contributed by atoms with van der Waals surface area (Å²) in [6.07, 6.45) is 2.96. The van der Waals surface area contributed by atoms with Crippen molar-refractivity contribution < 1.29 is 4.79 Å². The van der Waals surface area contributed by atoms with Gasteiger partial charge in [0.25, 0.3) is 0 Å². The third-order valence-corrected chi connectivity index (χ3v) is 4.59. The topological polar surface area (TPSA) is 56.7 Å². The van der Waals surface area contributed by atoms with Crippen molar-refractivity contribution in [1.82, 2.24) is 10.6 Å². The number of halogens is 1. The summed E-state index contributed by atoms with van der Waals surface area (Å²) in [5.74, 6) is 0.725. The molecule has 0 aromatic heterocycles. The number of hydrogen-bond acceptors (Lipinski definition) is 2. The van der Waals surface area contributed by atoms with Crippen molar-refractivity contribution in [2.24, 2.45) is 4.99 Å². The zero-order valence-electron chi connectivity index (χ0n) is 15.6. The van der Waals surface area contributed by atoms with Crippen molar-refractivity contribution in [2.45, 2.75) is 19.3 Å². The van der Waals surface area contributed by atoms with E-state index in [0.29, 0.717) is 5.96 Å². The molecule has 0 aliphatic carbocycles. The summed E-state index contributed by atoms with van der Waals surface area (Å²) in [4.78, 5) is 18.7. The van der Waals surface area contributed by atoms with E-state index in [2.05, 4.69) is 33.8 Å². The van der Waals surface area contributed by atoms with Crippen LogP contribution in [-0.4, -0.2) is 38.5 Å². The fourth-order valence-corrected chi connectivity index (χ4v) is 3.24. The minimum absolute atomic E-state index is 0. The lowest BCUT2D eigenvalue weighted by atomic mass is 10.0. The Morgan fingerprint density at radius 1 is 1.07 bits per heavy atom. The van der Waals surface area contributed by atoms with Crippen molar-refractivity contribution in [3.05, 3.63) is 65.7 Å². The maximum absolute atomic E-state index is 12.7. The summed E-state index contributed by atoms with van der Waals surface area (Å²) in [6, 6.07) is 18.5. The second kappa shape index (κ2) is 10.9. The lowest BCUT2D eigenvalue weighted by Gasteiger charge is -2.29. The molecule has 1 aliphatic heterocycles. The molecule has 2 aromatic carbocycles. The number of hydrogen-bond donors (Lipinski definition) is 2. The SMILES string of the molecule is CN=C(NCCc1ccccc1)NCC(=O)N1CCCc2ccccc21.I. The highest BCUT2D eigenvalue weighted by Gasteiger charge is 2.21. The summed E-state index contributed by atoms with van der Waals surface area (Å²) >= 11 is 0. The molecule has 3 rings (SSSR count). The zero-order valence-corrected chi connectivity index (χ0v) is 18.0. The number of amides is 1. The van der Waals surface area contributed by atoms with E-state index in [4.69, 9.17) is 0 Å². The molecule has 1 amide bonds. The number of aryl methyl sites for hydroxylation is 1. The normalized spacial score (nSPS) is 13.4. The Balaban J connectivity index is 0.00000261. The van der Waals surface area contributed by atoms with E-state index < -0.39 is 0 Å². The average Bonchev–Trinajstić information content (AvgIpc) is 2.70. The van der Waals surface area contributed by atoms with Crippen LogP contribution in [0.5, 0.6) is 0 Å². The van der Waals surface area contributed by atoms with Crippen LogP contribution in [0.15, 0.2) is 59.6 Å². The largest absolute Gasteiger partial charge is 0.356 e. The van der Waals surface area contributed by atoms with Crippen LogP contribution in [0.3, 0.4) is 0 Å². The van der Waals surface area contributed by atoms with Crippen LogP contribution in [0.2, 0.25) is 0 Å².